The van der Waals surface area contributed by atoms with Gasteiger partial charge in [0.2, 0.25) is 5.91 Å². The molecule has 9 heteroatoms. The van der Waals surface area contributed by atoms with E-state index >= 15 is 0 Å². The monoisotopic (exact) mass is 395 g/mol. The van der Waals surface area contributed by atoms with E-state index in [1.807, 2.05) is 6.07 Å². The van der Waals surface area contributed by atoms with Gasteiger partial charge in [-0.3, -0.25) is 9.52 Å². The minimum absolute atomic E-state index is 0.0285. The molecule has 2 aromatic rings. The summed E-state index contributed by atoms with van der Waals surface area (Å²) >= 11 is 7.03. The van der Waals surface area contributed by atoms with E-state index in [0.717, 1.165) is 10.4 Å². The molecule has 1 aromatic carbocycles. The molecule has 0 atom stereocenters. The summed E-state index contributed by atoms with van der Waals surface area (Å²) in [6.45, 7) is 2.51. The molecule has 0 spiro atoms. The molecule has 0 radical (unpaired) electrons. The molecule has 0 saturated heterocycles. The van der Waals surface area contributed by atoms with Crippen molar-refractivity contribution >= 4 is 44.6 Å². The number of nitrogens with one attached hydrogen (secondary N) is 1. The Hall–Kier alpha value is -2.08. The molecule has 0 saturated carbocycles. The average molecular weight is 396 g/mol. The van der Waals surface area contributed by atoms with Crippen molar-refractivity contribution in [1.29, 1.82) is 5.26 Å². The fourth-order valence-corrected chi connectivity index (χ4v) is 5.40. The largest absolute Gasteiger partial charge is 0.338 e. The third kappa shape index (κ3) is 3.63. The van der Waals surface area contributed by atoms with Gasteiger partial charge in [0.05, 0.1) is 11.3 Å². The molecule has 6 nitrogen and oxygen atoms in total. The fourth-order valence-electron chi connectivity index (χ4n) is 2.60. The lowest BCUT2D eigenvalue weighted by Crippen LogP contribution is -2.33. The van der Waals surface area contributed by atoms with E-state index in [2.05, 4.69) is 4.72 Å². The molecular formula is C16H14ClN3O3S2. The van der Waals surface area contributed by atoms with Crippen molar-refractivity contribution < 1.29 is 13.2 Å². The Morgan fingerprint density at radius 3 is 2.84 bits per heavy atom. The van der Waals surface area contributed by atoms with Crippen LogP contribution in [-0.2, 0) is 27.8 Å². The van der Waals surface area contributed by atoms with E-state index in [-0.39, 0.29) is 21.4 Å². The Kier molecular flexibility index (Phi) is 4.73. The van der Waals surface area contributed by atoms with Gasteiger partial charge in [0.25, 0.3) is 10.0 Å². The van der Waals surface area contributed by atoms with E-state index in [4.69, 9.17) is 16.9 Å². The van der Waals surface area contributed by atoms with Crippen molar-refractivity contribution in [3.8, 4) is 6.07 Å². The maximum Gasteiger partial charge on any atom is 0.271 e. The summed E-state index contributed by atoms with van der Waals surface area (Å²) in [6, 6.07) is 7.91. The predicted octanol–water partition coefficient (Wildman–Crippen LogP) is 2.98. The van der Waals surface area contributed by atoms with Crippen molar-refractivity contribution in [3.63, 3.8) is 0 Å². The van der Waals surface area contributed by atoms with Gasteiger partial charge in [0.15, 0.2) is 0 Å². The zero-order chi connectivity index (χ0) is 18.2. The number of fused-ring (bicyclic) bond motifs is 1. The summed E-state index contributed by atoms with van der Waals surface area (Å²) in [6.07, 6.45) is 0.638. The van der Waals surface area contributed by atoms with Crippen LogP contribution in [0.3, 0.4) is 0 Å². The molecule has 0 unspecified atom stereocenters. The molecule has 1 aliphatic rings. The number of carbonyl (C=O) groups is 1. The zero-order valence-electron chi connectivity index (χ0n) is 13.2. The SMILES string of the molecule is CC(=O)N1CCc2sc(S(=O)(=O)Nc3ccc(Cl)cc3C#N)cc2C1. The Bertz CT molecular complexity index is 993. The number of carbonyl (C=O) groups excluding carboxylic acids is 1. The van der Waals surface area contributed by atoms with Gasteiger partial charge in [0.1, 0.15) is 10.3 Å². The van der Waals surface area contributed by atoms with Crippen LogP contribution in [0.2, 0.25) is 5.02 Å². The van der Waals surface area contributed by atoms with Crippen LogP contribution in [0.15, 0.2) is 28.5 Å². The number of amides is 1. The number of hydrogen-bond acceptors (Lipinski definition) is 5. The molecule has 3 rings (SSSR count). The summed E-state index contributed by atoms with van der Waals surface area (Å²) < 4.78 is 27.9. The normalized spacial score (nSPS) is 13.9. The minimum atomic E-state index is -3.82. The van der Waals surface area contributed by atoms with Crippen molar-refractivity contribution in [1.82, 2.24) is 4.90 Å². The third-order valence-corrected chi connectivity index (χ3v) is 7.21. The second kappa shape index (κ2) is 6.67. The van der Waals surface area contributed by atoms with Gasteiger partial charge in [-0.05, 0) is 36.2 Å². The summed E-state index contributed by atoms with van der Waals surface area (Å²) in [4.78, 5) is 14.2. The Labute approximate surface area is 154 Å². The van der Waals surface area contributed by atoms with Crippen LogP contribution in [-0.4, -0.2) is 25.8 Å². The minimum Gasteiger partial charge on any atom is -0.338 e. The van der Waals surface area contributed by atoms with Crippen LogP contribution in [0.4, 0.5) is 5.69 Å². The predicted molar refractivity (Wildman–Crippen MR) is 96.1 cm³/mol. The number of benzene rings is 1. The maximum absolute atomic E-state index is 12.7. The Balaban J connectivity index is 1.90. The van der Waals surface area contributed by atoms with E-state index in [1.165, 1.54) is 36.5 Å². The lowest BCUT2D eigenvalue weighted by Gasteiger charge is -2.25. The highest BCUT2D eigenvalue weighted by Crippen LogP contribution is 2.32. The van der Waals surface area contributed by atoms with Crippen molar-refractivity contribution in [2.75, 3.05) is 11.3 Å². The number of nitriles is 1. The molecule has 1 N–H and O–H groups in total. The van der Waals surface area contributed by atoms with Gasteiger partial charge in [0, 0.05) is 29.9 Å². The number of sulfonamides is 1. The first kappa shape index (κ1) is 17.7. The number of anilines is 1. The molecule has 1 aromatic heterocycles. The first-order valence-electron chi connectivity index (χ1n) is 7.40. The van der Waals surface area contributed by atoms with Crippen molar-refractivity contribution in [2.24, 2.45) is 0 Å². The highest BCUT2D eigenvalue weighted by atomic mass is 35.5. The third-order valence-electron chi connectivity index (χ3n) is 3.90. The summed E-state index contributed by atoms with van der Waals surface area (Å²) in [5.74, 6) is -0.0285. The zero-order valence-corrected chi connectivity index (χ0v) is 15.6. The van der Waals surface area contributed by atoms with Gasteiger partial charge in [-0.1, -0.05) is 11.6 Å². The summed E-state index contributed by atoms with van der Waals surface area (Å²) in [7, 11) is -3.82. The molecule has 0 aliphatic carbocycles. The molecule has 0 fully saturated rings. The Morgan fingerprint density at radius 1 is 1.40 bits per heavy atom. The molecule has 1 aliphatic heterocycles. The fraction of sp³-hybridized carbons (Fsp3) is 0.250. The highest BCUT2D eigenvalue weighted by Gasteiger charge is 2.26. The highest BCUT2D eigenvalue weighted by molar-refractivity contribution is 7.94. The average Bonchev–Trinajstić information content (AvgIpc) is 3.00. The van der Waals surface area contributed by atoms with Crippen LogP contribution < -0.4 is 4.72 Å². The molecule has 25 heavy (non-hydrogen) atoms. The smallest absolute Gasteiger partial charge is 0.271 e. The number of nitrogens with zero attached hydrogens (tertiary/aromatic N) is 2. The summed E-state index contributed by atoms with van der Waals surface area (Å²) in [5.41, 5.74) is 1.19. The van der Waals surface area contributed by atoms with Crippen molar-refractivity contribution in [3.05, 3.63) is 45.3 Å². The van der Waals surface area contributed by atoms with Crippen LogP contribution in [0.1, 0.15) is 22.9 Å². The lowest BCUT2D eigenvalue weighted by molar-refractivity contribution is -0.129. The number of hydrogen-bond donors (Lipinski definition) is 1. The molecule has 130 valence electrons. The lowest BCUT2D eigenvalue weighted by atomic mass is 10.1. The van der Waals surface area contributed by atoms with E-state index in [9.17, 15) is 13.2 Å². The van der Waals surface area contributed by atoms with Gasteiger partial charge in [-0.25, -0.2) is 8.42 Å². The molecule has 0 bridgehead atoms. The number of thiophene rings is 1. The van der Waals surface area contributed by atoms with Gasteiger partial charge in [-0.15, -0.1) is 11.3 Å². The van der Waals surface area contributed by atoms with E-state index in [1.54, 1.807) is 11.0 Å². The number of rotatable bonds is 3. The van der Waals surface area contributed by atoms with Crippen LogP contribution in [0, 0.1) is 11.3 Å². The topological polar surface area (TPSA) is 90.3 Å². The van der Waals surface area contributed by atoms with Gasteiger partial charge < -0.3 is 4.90 Å². The van der Waals surface area contributed by atoms with Crippen LogP contribution in [0.25, 0.3) is 0 Å². The second-order valence-corrected chi connectivity index (χ2v) is 9.09. The van der Waals surface area contributed by atoms with Gasteiger partial charge >= 0.3 is 0 Å². The maximum atomic E-state index is 12.7. The van der Waals surface area contributed by atoms with Crippen LogP contribution >= 0.6 is 22.9 Å². The standard InChI is InChI=1S/C16H14ClN3O3S2/c1-10(21)20-5-4-15-12(9-20)7-16(24-15)25(22,23)19-14-3-2-13(17)6-11(14)8-18/h2-3,6-7,19H,4-5,9H2,1H3. The summed E-state index contributed by atoms with van der Waals surface area (Å²) in [5, 5.41) is 9.50. The van der Waals surface area contributed by atoms with Gasteiger partial charge in [-0.2, -0.15) is 5.26 Å². The number of halogens is 1. The first-order valence-corrected chi connectivity index (χ1v) is 10.1. The van der Waals surface area contributed by atoms with E-state index < -0.39 is 10.0 Å². The molecule has 1 amide bonds. The Morgan fingerprint density at radius 2 is 2.16 bits per heavy atom. The van der Waals surface area contributed by atoms with Crippen LogP contribution in [0.5, 0.6) is 0 Å². The molecule has 2 heterocycles. The van der Waals surface area contributed by atoms with E-state index in [0.29, 0.717) is 24.5 Å². The quantitative estimate of drug-likeness (QED) is 0.864. The first-order chi connectivity index (χ1) is 11.8. The molecular weight excluding hydrogens is 382 g/mol. The van der Waals surface area contributed by atoms with Crippen molar-refractivity contribution in [2.45, 2.75) is 24.1 Å². The second-order valence-electron chi connectivity index (χ2n) is 5.61.